The number of nitrogens with zero attached hydrogens (tertiary/aromatic N) is 3. The second-order valence-corrected chi connectivity index (χ2v) is 11.3. The summed E-state index contributed by atoms with van der Waals surface area (Å²) in [7, 11) is 1.64. The third kappa shape index (κ3) is 6.66. The first-order chi connectivity index (χ1) is 17.7. The van der Waals surface area contributed by atoms with Gasteiger partial charge in [-0.1, -0.05) is 80.0 Å². The quantitative estimate of drug-likeness (QED) is 0.235. The molecule has 37 heavy (non-hydrogen) atoms. The number of carbonyl (C=O) groups is 1. The molecule has 1 aromatic heterocycles. The minimum absolute atomic E-state index is 0.0161. The van der Waals surface area contributed by atoms with Crippen molar-refractivity contribution in [3.05, 3.63) is 99.3 Å². The Morgan fingerprint density at radius 3 is 2.46 bits per heavy atom. The van der Waals surface area contributed by atoms with Crippen LogP contribution in [0.1, 0.15) is 48.1 Å². The topological polar surface area (TPSA) is 69.0 Å². The molecule has 192 valence electrons. The number of amides is 1. The van der Waals surface area contributed by atoms with Gasteiger partial charge in [0.1, 0.15) is 5.75 Å². The minimum atomic E-state index is -0.192. The first-order valence-electron chi connectivity index (χ1n) is 11.7. The molecule has 9 heteroatoms. The summed E-state index contributed by atoms with van der Waals surface area (Å²) in [5.74, 6) is 1.80. The van der Waals surface area contributed by atoms with Gasteiger partial charge in [-0.05, 0) is 59.0 Å². The van der Waals surface area contributed by atoms with E-state index in [1.807, 2.05) is 59.2 Å². The summed E-state index contributed by atoms with van der Waals surface area (Å²) in [5.41, 5.74) is 3.52. The van der Waals surface area contributed by atoms with Gasteiger partial charge >= 0.3 is 0 Å². The van der Waals surface area contributed by atoms with Gasteiger partial charge < -0.3 is 10.1 Å². The molecule has 0 unspecified atom stereocenters. The van der Waals surface area contributed by atoms with E-state index in [9.17, 15) is 4.79 Å². The van der Waals surface area contributed by atoms with Crippen molar-refractivity contribution in [2.45, 2.75) is 43.6 Å². The zero-order valence-corrected chi connectivity index (χ0v) is 23.4. The molecule has 0 atom stereocenters. The molecule has 3 aromatic carbocycles. The van der Waals surface area contributed by atoms with Crippen LogP contribution in [0.15, 0.2) is 71.9 Å². The molecule has 0 saturated carbocycles. The SMILES string of the molecule is COc1cccc(CSc2nnc(CNC(=O)c3ccc(C(C)(C)C)cc3)n2-c2ccc(Cl)cc2Cl)c1. The summed E-state index contributed by atoms with van der Waals surface area (Å²) >= 11 is 14.2. The average molecular weight is 556 g/mol. The number of carbonyl (C=O) groups excluding carboxylic acids is 1. The molecule has 0 aliphatic carbocycles. The Morgan fingerprint density at radius 2 is 1.78 bits per heavy atom. The molecule has 0 saturated heterocycles. The fourth-order valence-corrected chi connectivity index (χ4v) is 5.11. The molecule has 0 aliphatic heterocycles. The van der Waals surface area contributed by atoms with Crippen LogP contribution >= 0.6 is 35.0 Å². The summed E-state index contributed by atoms with van der Waals surface area (Å²) in [4.78, 5) is 12.9. The van der Waals surface area contributed by atoms with E-state index >= 15 is 0 Å². The number of nitrogens with one attached hydrogen (secondary N) is 1. The molecule has 1 N–H and O–H groups in total. The van der Waals surface area contributed by atoms with Gasteiger partial charge in [0.05, 0.1) is 24.4 Å². The zero-order valence-electron chi connectivity index (χ0n) is 21.1. The van der Waals surface area contributed by atoms with Crippen molar-refractivity contribution in [3.8, 4) is 11.4 Å². The molecule has 0 spiro atoms. The number of benzene rings is 3. The van der Waals surface area contributed by atoms with Crippen LogP contribution in [-0.2, 0) is 17.7 Å². The lowest BCUT2D eigenvalue weighted by atomic mass is 9.87. The summed E-state index contributed by atoms with van der Waals surface area (Å²) in [6.45, 7) is 6.59. The Kier molecular flexibility index (Phi) is 8.47. The number of hydrogen-bond acceptors (Lipinski definition) is 5. The van der Waals surface area contributed by atoms with Crippen LogP contribution in [0.2, 0.25) is 10.0 Å². The third-order valence-corrected chi connectivity index (χ3v) is 7.31. The first-order valence-corrected chi connectivity index (χ1v) is 13.4. The number of rotatable bonds is 8. The predicted molar refractivity (Wildman–Crippen MR) is 150 cm³/mol. The van der Waals surface area contributed by atoms with E-state index in [0.717, 1.165) is 11.3 Å². The van der Waals surface area contributed by atoms with Crippen LogP contribution in [0, 0.1) is 0 Å². The van der Waals surface area contributed by atoms with Crippen molar-refractivity contribution < 1.29 is 9.53 Å². The van der Waals surface area contributed by atoms with E-state index in [-0.39, 0.29) is 17.9 Å². The second-order valence-electron chi connectivity index (χ2n) is 9.48. The van der Waals surface area contributed by atoms with Crippen LogP contribution in [0.4, 0.5) is 0 Å². The Morgan fingerprint density at radius 1 is 1.03 bits per heavy atom. The highest BCUT2D eigenvalue weighted by atomic mass is 35.5. The van der Waals surface area contributed by atoms with Gasteiger partial charge in [-0.15, -0.1) is 10.2 Å². The maximum Gasteiger partial charge on any atom is 0.251 e. The van der Waals surface area contributed by atoms with Crippen molar-refractivity contribution in [1.82, 2.24) is 20.1 Å². The molecule has 0 radical (unpaired) electrons. The summed E-state index contributed by atoms with van der Waals surface area (Å²) < 4.78 is 7.19. The molecule has 4 rings (SSSR count). The highest BCUT2D eigenvalue weighted by Crippen LogP contribution is 2.31. The van der Waals surface area contributed by atoms with Crippen molar-refractivity contribution in [2.75, 3.05) is 7.11 Å². The predicted octanol–water partition coefficient (Wildman–Crippen LogP) is 7.10. The summed E-state index contributed by atoms with van der Waals surface area (Å²) in [6.07, 6.45) is 0. The molecular weight excluding hydrogens is 527 g/mol. The van der Waals surface area contributed by atoms with Crippen LogP contribution in [0.5, 0.6) is 5.75 Å². The van der Waals surface area contributed by atoms with E-state index in [4.69, 9.17) is 27.9 Å². The largest absolute Gasteiger partial charge is 0.497 e. The maximum atomic E-state index is 12.9. The van der Waals surface area contributed by atoms with Gasteiger partial charge in [-0.2, -0.15) is 0 Å². The molecule has 6 nitrogen and oxygen atoms in total. The van der Waals surface area contributed by atoms with Crippen LogP contribution in [0.25, 0.3) is 5.69 Å². The molecule has 0 bridgehead atoms. The second kappa shape index (κ2) is 11.6. The van der Waals surface area contributed by atoms with E-state index in [0.29, 0.717) is 38.0 Å². The monoisotopic (exact) mass is 554 g/mol. The molecule has 0 fully saturated rings. The highest BCUT2D eigenvalue weighted by Gasteiger charge is 2.19. The van der Waals surface area contributed by atoms with Crippen LogP contribution < -0.4 is 10.1 Å². The number of ether oxygens (including phenoxy) is 1. The Labute approximate surface area is 231 Å². The fraction of sp³-hybridized carbons (Fsp3) is 0.250. The number of halogens is 2. The van der Waals surface area contributed by atoms with Crippen molar-refractivity contribution in [2.24, 2.45) is 0 Å². The van der Waals surface area contributed by atoms with Gasteiger partial charge in [0.15, 0.2) is 11.0 Å². The van der Waals surface area contributed by atoms with Gasteiger partial charge in [-0.3, -0.25) is 9.36 Å². The van der Waals surface area contributed by atoms with Crippen molar-refractivity contribution in [1.29, 1.82) is 0 Å². The lowest BCUT2D eigenvalue weighted by Gasteiger charge is -2.19. The van der Waals surface area contributed by atoms with Gasteiger partial charge in [0.2, 0.25) is 0 Å². The summed E-state index contributed by atoms with van der Waals surface area (Å²) in [5, 5.41) is 13.4. The normalized spacial score (nSPS) is 11.4. The molecule has 1 heterocycles. The van der Waals surface area contributed by atoms with E-state index in [1.165, 1.54) is 17.3 Å². The maximum absolute atomic E-state index is 12.9. The molecule has 4 aromatic rings. The van der Waals surface area contributed by atoms with Gasteiger partial charge in [0.25, 0.3) is 5.91 Å². The Hall–Kier alpha value is -3.00. The molecular formula is C28H28Cl2N4O2S. The number of thioether (sulfide) groups is 1. The smallest absolute Gasteiger partial charge is 0.251 e. The number of methoxy groups -OCH3 is 1. The van der Waals surface area contributed by atoms with E-state index in [1.54, 1.807) is 19.2 Å². The van der Waals surface area contributed by atoms with Crippen molar-refractivity contribution in [3.63, 3.8) is 0 Å². The highest BCUT2D eigenvalue weighted by molar-refractivity contribution is 7.98. The van der Waals surface area contributed by atoms with Gasteiger partial charge in [-0.25, -0.2) is 0 Å². The standard InChI is InChI=1S/C28H28Cl2N4O2S/c1-28(2,3)20-10-8-19(9-11-20)26(35)31-16-25-32-33-27(34(25)24-13-12-21(29)15-23(24)30)37-17-18-6-5-7-22(14-18)36-4/h5-15H,16-17H2,1-4H3,(H,31,35). The number of aromatic nitrogens is 3. The molecule has 1 amide bonds. The lowest BCUT2D eigenvalue weighted by Crippen LogP contribution is -2.25. The Bertz CT molecular complexity index is 1400. The minimum Gasteiger partial charge on any atom is -0.497 e. The first kappa shape index (κ1) is 27.0. The Balaban J connectivity index is 1.57. The van der Waals surface area contributed by atoms with Crippen molar-refractivity contribution >= 4 is 40.9 Å². The third-order valence-electron chi connectivity index (χ3n) is 5.77. The average Bonchev–Trinajstić information content (AvgIpc) is 3.28. The van der Waals surface area contributed by atoms with Crippen LogP contribution in [0.3, 0.4) is 0 Å². The fourth-order valence-electron chi connectivity index (χ4n) is 3.71. The van der Waals surface area contributed by atoms with E-state index in [2.05, 4.69) is 36.3 Å². The number of hydrogen-bond donors (Lipinski definition) is 1. The van der Waals surface area contributed by atoms with Gasteiger partial charge in [0, 0.05) is 16.3 Å². The van der Waals surface area contributed by atoms with Crippen LogP contribution in [-0.4, -0.2) is 27.8 Å². The summed E-state index contributed by atoms with van der Waals surface area (Å²) in [6, 6.07) is 20.8. The molecule has 0 aliphatic rings. The lowest BCUT2D eigenvalue weighted by molar-refractivity contribution is 0.0949. The van der Waals surface area contributed by atoms with E-state index < -0.39 is 0 Å². The zero-order chi connectivity index (χ0) is 26.6.